The van der Waals surface area contributed by atoms with Gasteiger partial charge in [-0.05, 0) is 38.5 Å². The molecule has 2 N–H and O–H groups in total. The van der Waals surface area contributed by atoms with Gasteiger partial charge in [0.15, 0.2) is 0 Å². The average molecular weight is 366 g/mol. The molecule has 0 spiro atoms. The molecule has 0 radical (unpaired) electrons. The van der Waals surface area contributed by atoms with Crippen LogP contribution in [0, 0.1) is 0 Å². The number of hydrogen-bond acceptors (Lipinski definition) is 6. The fourth-order valence-corrected chi connectivity index (χ4v) is 2.78. The minimum Gasteiger partial charge on any atom is -0.463 e. The van der Waals surface area contributed by atoms with Crippen LogP contribution in [-0.4, -0.2) is 25.2 Å². The molecule has 25 heavy (non-hydrogen) atoms. The average Bonchev–Trinajstić information content (AvgIpc) is 2.55. The fraction of sp³-hybridized carbons (Fsp3) is 0.333. The molecule has 1 heterocycles. The summed E-state index contributed by atoms with van der Waals surface area (Å²) in [6.07, 6.45) is 0. The number of halogens is 1. The number of hydrogen-bond donors (Lipinski definition) is 1. The molecule has 0 fully saturated rings. The molecule has 7 heteroatoms. The van der Waals surface area contributed by atoms with Crippen LogP contribution in [0.15, 0.2) is 47.1 Å². The van der Waals surface area contributed by atoms with Crippen molar-refractivity contribution in [1.82, 2.24) is 0 Å². The highest BCUT2D eigenvalue weighted by Crippen LogP contribution is 2.40. The largest absolute Gasteiger partial charge is 0.463 e. The van der Waals surface area contributed by atoms with Crippen molar-refractivity contribution in [2.75, 3.05) is 13.2 Å². The second kappa shape index (κ2) is 8.07. The highest BCUT2D eigenvalue weighted by atomic mass is 35.5. The number of allylic oxidation sites excluding steroid dienone is 1. The van der Waals surface area contributed by atoms with Crippen molar-refractivity contribution in [2.45, 2.75) is 26.7 Å². The molecule has 0 unspecified atom stereocenters. The van der Waals surface area contributed by atoms with Crippen molar-refractivity contribution in [3.8, 4) is 0 Å². The Hall–Kier alpha value is -2.47. The molecule has 1 aromatic rings. The standard InChI is InChI=1S/C18H20ClNO5/c1-4-23-17(21)13-10(3)25-16(20)15(18(22)24-5-2)14(13)11-6-8-12(19)9-7-11/h6-9,14H,4-5,20H2,1-3H3/t14-/m0/s1. The molecule has 0 amide bonds. The van der Waals surface area contributed by atoms with E-state index in [1.807, 2.05) is 0 Å². The van der Waals surface area contributed by atoms with Crippen molar-refractivity contribution in [1.29, 1.82) is 0 Å². The Morgan fingerprint density at radius 3 is 2.12 bits per heavy atom. The van der Waals surface area contributed by atoms with Crippen molar-refractivity contribution in [2.24, 2.45) is 5.73 Å². The van der Waals surface area contributed by atoms with Gasteiger partial charge in [-0.15, -0.1) is 0 Å². The van der Waals surface area contributed by atoms with Gasteiger partial charge in [0.2, 0.25) is 5.88 Å². The summed E-state index contributed by atoms with van der Waals surface area (Å²) in [5.74, 6) is -1.79. The van der Waals surface area contributed by atoms with E-state index in [1.54, 1.807) is 45.0 Å². The SMILES string of the molecule is CCOC(=O)C1=C(C)OC(N)=C(C(=O)OCC)[C@H]1c1ccc(Cl)cc1. The highest BCUT2D eigenvalue weighted by molar-refractivity contribution is 6.30. The van der Waals surface area contributed by atoms with Crippen molar-refractivity contribution in [3.63, 3.8) is 0 Å². The van der Waals surface area contributed by atoms with Gasteiger partial charge in [0.1, 0.15) is 11.3 Å². The number of esters is 2. The lowest BCUT2D eigenvalue weighted by Crippen LogP contribution is -2.30. The molecule has 1 aliphatic heterocycles. The minimum absolute atomic E-state index is 0.0674. The second-order valence-corrected chi connectivity index (χ2v) is 5.71. The van der Waals surface area contributed by atoms with Crippen molar-refractivity contribution >= 4 is 23.5 Å². The zero-order valence-electron chi connectivity index (χ0n) is 14.3. The van der Waals surface area contributed by atoms with Gasteiger partial charge in [0.25, 0.3) is 0 Å². The molecule has 1 aromatic carbocycles. The molecule has 2 rings (SSSR count). The summed E-state index contributed by atoms with van der Waals surface area (Å²) in [5.41, 5.74) is 6.87. The summed E-state index contributed by atoms with van der Waals surface area (Å²) < 4.78 is 15.7. The molecular weight excluding hydrogens is 346 g/mol. The predicted octanol–water partition coefficient (Wildman–Crippen LogP) is 3.02. The molecule has 1 atom stereocenters. The normalized spacial score (nSPS) is 17.2. The smallest absolute Gasteiger partial charge is 0.340 e. The summed E-state index contributed by atoms with van der Waals surface area (Å²) in [5, 5.41) is 0.531. The second-order valence-electron chi connectivity index (χ2n) is 5.28. The van der Waals surface area contributed by atoms with E-state index >= 15 is 0 Å². The zero-order valence-corrected chi connectivity index (χ0v) is 15.1. The molecule has 0 aromatic heterocycles. The Morgan fingerprint density at radius 2 is 1.60 bits per heavy atom. The lowest BCUT2D eigenvalue weighted by atomic mass is 9.82. The topological polar surface area (TPSA) is 87.9 Å². The van der Waals surface area contributed by atoms with Gasteiger partial charge in [-0.1, -0.05) is 23.7 Å². The Kier molecular flexibility index (Phi) is 6.09. The van der Waals surface area contributed by atoms with Gasteiger partial charge < -0.3 is 19.9 Å². The first-order valence-corrected chi connectivity index (χ1v) is 8.26. The maximum Gasteiger partial charge on any atom is 0.340 e. The van der Waals surface area contributed by atoms with Crippen LogP contribution in [0.2, 0.25) is 5.02 Å². The van der Waals surface area contributed by atoms with E-state index in [4.69, 9.17) is 31.5 Å². The molecule has 0 aliphatic carbocycles. The predicted molar refractivity (Wildman–Crippen MR) is 92.5 cm³/mol. The molecule has 0 bridgehead atoms. The van der Waals surface area contributed by atoms with Crippen LogP contribution in [-0.2, 0) is 23.8 Å². The Labute approximate surface area is 151 Å². The lowest BCUT2D eigenvalue weighted by Gasteiger charge is -2.28. The number of carbonyl (C=O) groups is 2. The molecule has 6 nitrogen and oxygen atoms in total. The van der Waals surface area contributed by atoms with Crippen LogP contribution >= 0.6 is 11.6 Å². The molecular formula is C18H20ClNO5. The summed E-state index contributed by atoms with van der Waals surface area (Å²) in [4.78, 5) is 24.9. The van der Waals surface area contributed by atoms with Gasteiger partial charge in [-0.3, -0.25) is 0 Å². The van der Waals surface area contributed by atoms with Gasteiger partial charge >= 0.3 is 11.9 Å². The first-order chi connectivity index (χ1) is 11.9. The monoisotopic (exact) mass is 365 g/mol. The van der Waals surface area contributed by atoms with Crippen LogP contribution in [0.3, 0.4) is 0 Å². The number of carbonyl (C=O) groups excluding carboxylic acids is 2. The van der Waals surface area contributed by atoms with E-state index in [0.717, 1.165) is 0 Å². The fourth-order valence-electron chi connectivity index (χ4n) is 2.65. The molecule has 0 saturated heterocycles. The third-order valence-electron chi connectivity index (χ3n) is 3.68. The first-order valence-electron chi connectivity index (χ1n) is 7.88. The van der Waals surface area contributed by atoms with Gasteiger partial charge in [0, 0.05) is 5.02 Å². The minimum atomic E-state index is -0.760. The summed E-state index contributed by atoms with van der Waals surface area (Å²) >= 11 is 5.95. The lowest BCUT2D eigenvalue weighted by molar-refractivity contribution is -0.140. The van der Waals surface area contributed by atoms with Crippen LogP contribution in [0.5, 0.6) is 0 Å². The van der Waals surface area contributed by atoms with Crippen LogP contribution in [0.25, 0.3) is 0 Å². The van der Waals surface area contributed by atoms with E-state index in [2.05, 4.69) is 0 Å². The van der Waals surface area contributed by atoms with Crippen LogP contribution in [0.4, 0.5) is 0 Å². The summed E-state index contributed by atoms with van der Waals surface area (Å²) in [6.45, 7) is 5.34. The number of rotatable bonds is 5. The summed E-state index contributed by atoms with van der Waals surface area (Å²) in [6, 6.07) is 6.78. The first kappa shape index (κ1) is 18.9. The number of nitrogens with two attached hydrogens (primary N) is 1. The Balaban J connectivity index is 2.61. The number of ether oxygens (including phenoxy) is 3. The van der Waals surface area contributed by atoms with E-state index in [9.17, 15) is 9.59 Å². The third kappa shape index (κ3) is 3.96. The Bertz CT molecular complexity index is 696. The molecule has 1 aliphatic rings. The van der Waals surface area contributed by atoms with Gasteiger partial charge in [-0.25, -0.2) is 9.59 Å². The molecule has 134 valence electrons. The number of benzene rings is 1. The third-order valence-corrected chi connectivity index (χ3v) is 3.93. The zero-order chi connectivity index (χ0) is 18.6. The highest BCUT2D eigenvalue weighted by Gasteiger charge is 2.39. The van der Waals surface area contributed by atoms with Gasteiger partial charge in [-0.2, -0.15) is 0 Å². The van der Waals surface area contributed by atoms with Crippen molar-refractivity contribution in [3.05, 3.63) is 57.6 Å². The van der Waals surface area contributed by atoms with Crippen molar-refractivity contribution < 1.29 is 23.8 Å². The van der Waals surface area contributed by atoms with Gasteiger partial charge in [0.05, 0.1) is 24.7 Å². The van der Waals surface area contributed by atoms with Crippen LogP contribution < -0.4 is 5.73 Å². The van der Waals surface area contributed by atoms with E-state index < -0.39 is 17.9 Å². The van der Waals surface area contributed by atoms with E-state index in [0.29, 0.717) is 10.6 Å². The summed E-state index contributed by atoms with van der Waals surface area (Å²) in [7, 11) is 0. The van der Waals surface area contributed by atoms with Crippen LogP contribution in [0.1, 0.15) is 32.3 Å². The maximum absolute atomic E-state index is 12.5. The Morgan fingerprint density at radius 1 is 1.08 bits per heavy atom. The quantitative estimate of drug-likeness (QED) is 0.807. The maximum atomic E-state index is 12.5. The molecule has 0 saturated carbocycles. The van der Waals surface area contributed by atoms with E-state index in [1.165, 1.54) is 0 Å². The van der Waals surface area contributed by atoms with E-state index in [-0.39, 0.29) is 36.0 Å².